The Kier molecular flexibility index (Phi) is 3.38. The summed E-state index contributed by atoms with van der Waals surface area (Å²) in [5, 5.41) is 18.8. The van der Waals surface area contributed by atoms with Gasteiger partial charge in [-0.15, -0.1) is 21.5 Å². The standard InChI is InChI=1S/C14H10N4O2S/c1-9-4-5-18(14(19)10(9)7-15)8-12-16-17-13(20-12)11-3-2-6-21-11/h2-6H,8H2,1H3. The van der Waals surface area contributed by atoms with Crippen molar-refractivity contribution in [1.29, 1.82) is 5.26 Å². The van der Waals surface area contributed by atoms with Crippen LogP contribution in [-0.2, 0) is 6.54 Å². The Morgan fingerprint density at radius 2 is 2.29 bits per heavy atom. The lowest BCUT2D eigenvalue weighted by molar-refractivity contribution is 0.485. The average Bonchev–Trinajstić information content (AvgIpc) is 3.13. The first-order valence-corrected chi connectivity index (χ1v) is 7.03. The van der Waals surface area contributed by atoms with Crippen molar-refractivity contribution in [2.24, 2.45) is 0 Å². The van der Waals surface area contributed by atoms with E-state index >= 15 is 0 Å². The number of rotatable bonds is 3. The van der Waals surface area contributed by atoms with Crippen LogP contribution < -0.4 is 5.56 Å². The topological polar surface area (TPSA) is 84.7 Å². The van der Waals surface area contributed by atoms with E-state index in [1.54, 1.807) is 19.2 Å². The molecule has 0 aliphatic heterocycles. The molecule has 7 heteroatoms. The van der Waals surface area contributed by atoms with Crippen LogP contribution in [0, 0.1) is 18.3 Å². The van der Waals surface area contributed by atoms with Gasteiger partial charge in [0.15, 0.2) is 0 Å². The summed E-state index contributed by atoms with van der Waals surface area (Å²) < 4.78 is 6.92. The van der Waals surface area contributed by atoms with Gasteiger partial charge >= 0.3 is 0 Å². The Balaban J connectivity index is 1.92. The van der Waals surface area contributed by atoms with Crippen LogP contribution in [0.15, 0.2) is 39.0 Å². The Morgan fingerprint density at radius 3 is 3.00 bits per heavy atom. The molecule has 0 aliphatic rings. The summed E-state index contributed by atoms with van der Waals surface area (Å²) in [5.74, 6) is 0.758. The van der Waals surface area contributed by atoms with Crippen molar-refractivity contribution in [2.75, 3.05) is 0 Å². The van der Waals surface area contributed by atoms with E-state index in [4.69, 9.17) is 9.68 Å². The van der Waals surface area contributed by atoms with Crippen LogP contribution in [0.5, 0.6) is 0 Å². The molecule has 0 saturated heterocycles. The van der Waals surface area contributed by atoms with E-state index in [1.165, 1.54) is 15.9 Å². The molecule has 21 heavy (non-hydrogen) atoms. The number of hydrogen-bond donors (Lipinski definition) is 0. The van der Waals surface area contributed by atoms with E-state index in [0.29, 0.717) is 17.3 Å². The third kappa shape index (κ3) is 2.49. The van der Waals surface area contributed by atoms with Crippen molar-refractivity contribution in [3.05, 3.63) is 57.1 Å². The van der Waals surface area contributed by atoms with E-state index in [9.17, 15) is 4.79 Å². The van der Waals surface area contributed by atoms with E-state index in [1.807, 2.05) is 23.6 Å². The second-order valence-electron chi connectivity index (χ2n) is 4.40. The summed E-state index contributed by atoms with van der Waals surface area (Å²) in [6.07, 6.45) is 1.62. The maximum atomic E-state index is 12.1. The van der Waals surface area contributed by atoms with Gasteiger partial charge in [-0.3, -0.25) is 4.79 Å². The highest BCUT2D eigenvalue weighted by molar-refractivity contribution is 7.13. The first-order chi connectivity index (χ1) is 10.2. The third-order valence-corrected chi connectivity index (χ3v) is 3.85. The predicted octanol–water partition coefficient (Wildman–Crippen LogP) is 2.19. The molecular formula is C14H10N4O2S. The molecule has 3 rings (SSSR count). The Labute approximate surface area is 123 Å². The number of hydrogen-bond acceptors (Lipinski definition) is 6. The maximum Gasteiger partial charge on any atom is 0.269 e. The monoisotopic (exact) mass is 298 g/mol. The minimum Gasteiger partial charge on any atom is -0.418 e. The predicted molar refractivity (Wildman–Crippen MR) is 76.9 cm³/mol. The highest BCUT2D eigenvalue weighted by atomic mass is 32.1. The van der Waals surface area contributed by atoms with E-state index in [0.717, 1.165) is 4.88 Å². The minimum absolute atomic E-state index is 0.135. The zero-order chi connectivity index (χ0) is 14.8. The van der Waals surface area contributed by atoms with Crippen molar-refractivity contribution >= 4 is 11.3 Å². The molecule has 3 aromatic rings. The molecule has 0 aliphatic carbocycles. The van der Waals surface area contributed by atoms with Crippen LogP contribution in [0.3, 0.4) is 0 Å². The normalized spacial score (nSPS) is 10.5. The molecule has 0 saturated carbocycles. The molecule has 0 amide bonds. The third-order valence-electron chi connectivity index (χ3n) is 2.99. The van der Waals surface area contributed by atoms with Crippen LogP contribution in [-0.4, -0.2) is 14.8 Å². The van der Waals surface area contributed by atoms with Gasteiger partial charge in [0.25, 0.3) is 11.4 Å². The van der Waals surface area contributed by atoms with Crippen LogP contribution in [0.25, 0.3) is 10.8 Å². The summed E-state index contributed by atoms with van der Waals surface area (Å²) in [7, 11) is 0. The van der Waals surface area contributed by atoms with E-state index in [-0.39, 0.29) is 17.7 Å². The second kappa shape index (κ2) is 5.34. The van der Waals surface area contributed by atoms with Crippen LogP contribution in [0.2, 0.25) is 0 Å². The lowest BCUT2D eigenvalue weighted by atomic mass is 10.2. The van der Waals surface area contributed by atoms with E-state index < -0.39 is 0 Å². The second-order valence-corrected chi connectivity index (χ2v) is 5.34. The minimum atomic E-state index is -0.353. The van der Waals surface area contributed by atoms with Gasteiger partial charge < -0.3 is 8.98 Å². The fourth-order valence-corrected chi connectivity index (χ4v) is 2.53. The van der Waals surface area contributed by atoms with Crippen LogP contribution in [0.1, 0.15) is 17.0 Å². The van der Waals surface area contributed by atoms with Gasteiger partial charge in [-0.25, -0.2) is 0 Å². The molecule has 0 bridgehead atoms. The van der Waals surface area contributed by atoms with Crippen LogP contribution >= 0.6 is 11.3 Å². The molecule has 6 nitrogen and oxygen atoms in total. The Bertz CT molecular complexity index is 871. The Hall–Kier alpha value is -2.72. The molecule has 0 aromatic carbocycles. The van der Waals surface area contributed by atoms with Gasteiger partial charge in [0.05, 0.1) is 4.88 Å². The molecule has 0 atom stereocenters. The molecule has 0 fully saturated rings. The van der Waals surface area contributed by atoms with Gasteiger partial charge in [-0.2, -0.15) is 5.26 Å². The first-order valence-electron chi connectivity index (χ1n) is 6.15. The average molecular weight is 298 g/mol. The zero-order valence-electron chi connectivity index (χ0n) is 11.1. The molecule has 104 valence electrons. The lowest BCUT2D eigenvalue weighted by Gasteiger charge is -2.04. The number of nitrogens with zero attached hydrogens (tertiary/aromatic N) is 4. The first kappa shape index (κ1) is 13.3. The summed E-state index contributed by atoms with van der Waals surface area (Å²) in [4.78, 5) is 13.0. The van der Waals surface area contributed by atoms with Gasteiger partial charge in [0.1, 0.15) is 18.2 Å². The summed E-state index contributed by atoms with van der Waals surface area (Å²) >= 11 is 1.50. The van der Waals surface area contributed by atoms with Crippen molar-refractivity contribution < 1.29 is 4.42 Å². The van der Waals surface area contributed by atoms with Gasteiger partial charge in [-0.1, -0.05) is 6.07 Å². The fourth-order valence-electron chi connectivity index (χ4n) is 1.89. The molecule has 3 aromatic heterocycles. The highest BCUT2D eigenvalue weighted by Crippen LogP contribution is 2.22. The molecular weight excluding hydrogens is 288 g/mol. The van der Waals surface area contributed by atoms with Crippen LogP contribution in [0.4, 0.5) is 0 Å². The van der Waals surface area contributed by atoms with Crippen molar-refractivity contribution in [3.63, 3.8) is 0 Å². The van der Waals surface area contributed by atoms with E-state index in [2.05, 4.69) is 10.2 Å². The number of nitriles is 1. The number of pyridine rings is 1. The SMILES string of the molecule is Cc1ccn(Cc2nnc(-c3cccs3)o2)c(=O)c1C#N. The fraction of sp³-hybridized carbons (Fsp3) is 0.143. The number of aromatic nitrogens is 3. The summed E-state index contributed by atoms with van der Waals surface area (Å²) in [6.45, 7) is 1.87. The molecule has 0 N–H and O–H groups in total. The summed E-state index contributed by atoms with van der Waals surface area (Å²) in [5.41, 5.74) is 0.437. The lowest BCUT2D eigenvalue weighted by Crippen LogP contribution is -2.23. The Morgan fingerprint density at radius 1 is 1.43 bits per heavy atom. The largest absolute Gasteiger partial charge is 0.418 e. The number of aryl methyl sites for hydroxylation is 1. The molecule has 0 spiro atoms. The zero-order valence-corrected chi connectivity index (χ0v) is 11.9. The quantitative estimate of drug-likeness (QED) is 0.740. The van der Waals surface area contributed by atoms with Gasteiger partial charge in [-0.05, 0) is 30.0 Å². The number of thiophene rings is 1. The van der Waals surface area contributed by atoms with Crippen molar-refractivity contribution in [2.45, 2.75) is 13.5 Å². The molecule has 3 heterocycles. The smallest absolute Gasteiger partial charge is 0.269 e. The van der Waals surface area contributed by atoms with Crippen molar-refractivity contribution in [3.8, 4) is 16.8 Å². The van der Waals surface area contributed by atoms with Crippen molar-refractivity contribution in [1.82, 2.24) is 14.8 Å². The highest BCUT2D eigenvalue weighted by Gasteiger charge is 2.12. The van der Waals surface area contributed by atoms with Gasteiger partial charge in [0.2, 0.25) is 5.89 Å². The summed E-state index contributed by atoms with van der Waals surface area (Å²) in [6, 6.07) is 7.42. The molecule has 0 radical (unpaired) electrons. The van der Waals surface area contributed by atoms with Gasteiger partial charge in [0, 0.05) is 6.20 Å². The maximum absolute atomic E-state index is 12.1. The molecule has 0 unspecified atom stereocenters.